The van der Waals surface area contributed by atoms with Crippen LogP contribution in [0.2, 0.25) is 0 Å². The molecule has 2 heteroatoms. The highest BCUT2D eigenvalue weighted by Crippen LogP contribution is 2.56. The van der Waals surface area contributed by atoms with E-state index in [0.29, 0.717) is 23.7 Å². The Morgan fingerprint density at radius 1 is 0.875 bits per heavy atom. The van der Waals surface area contributed by atoms with Gasteiger partial charge in [-0.05, 0) is 74.2 Å². The Labute approximate surface area is 145 Å². The first-order chi connectivity index (χ1) is 11.7. The molecule has 1 N–H and O–H groups in total. The Kier molecular flexibility index (Phi) is 3.50. The number of rotatable bonds is 3. The summed E-state index contributed by atoms with van der Waals surface area (Å²) in [7, 11) is 0. The van der Waals surface area contributed by atoms with Gasteiger partial charge in [-0.25, -0.2) is 0 Å². The lowest BCUT2D eigenvalue weighted by Crippen LogP contribution is -2.54. The van der Waals surface area contributed by atoms with E-state index in [1.165, 1.54) is 50.5 Å². The average Bonchev–Trinajstić information content (AvgIpc) is 3.04. The molecule has 4 bridgehead atoms. The van der Waals surface area contributed by atoms with Crippen molar-refractivity contribution in [3.05, 3.63) is 35.9 Å². The number of carbonyl (C=O) groups is 1. The number of nitrogens with one attached hydrogen (secondary N) is 1. The molecule has 1 amide bonds. The first kappa shape index (κ1) is 15.0. The molecule has 128 valence electrons. The van der Waals surface area contributed by atoms with Crippen molar-refractivity contribution in [2.45, 2.75) is 63.3 Å². The minimum absolute atomic E-state index is 0.0903. The minimum Gasteiger partial charge on any atom is -0.346 e. The fourth-order valence-electron chi connectivity index (χ4n) is 6.89. The molecular weight excluding hydrogens is 294 g/mol. The van der Waals surface area contributed by atoms with Gasteiger partial charge >= 0.3 is 0 Å². The van der Waals surface area contributed by atoms with Crippen molar-refractivity contribution in [3.8, 4) is 0 Å². The zero-order valence-corrected chi connectivity index (χ0v) is 14.5. The molecule has 0 heterocycles. The van der Waals surface area contributed by atoms with Gasteiger partial charge in [-0.2, -0.15) is 0 Å². The van der Waals surface area contributed by atoms with Crippen LogP contribution in [-0.2, 0) is 10.3 Å². The topological polar surface area (TPSA) is 29.1 Å². The molecule has 6 rings (SSSR count). The number of carbonyl (C=O) groups excluding carboxylic acids is 1. The van der Waals surface area contributed by atoms with Gasteiger partial charge in [0.2, 0.25) is 5.91 Å². The van der Waals surface area contributed by atoms with Gasteiger partial charge < -0.3 is 5.32 Å². The molecule has 5 aliphatic rings. The second kappa shape index (κ2) is 5.61. The summed E-state index contributed by atoms with van der Waals surface area (Å²) in [4.78, 5) is 13.4. The van der Waals surface area contributed by atoms with Gasteiger partial charge in [0.1, 0.15) is 0 Å². The number of amides is 1. The molecule has 2 nitrogen and oxygen atoms in total. The summed E-state index contributed by atoms with van der Waals surface area (Å²) >= 11 is 0. The van der Waals surface area contributed by atoms with E-state index in [1.54, 1.807) is 0 Å². The lowest BCUT2D eigenvalue weighted by molar-refractivity contribution is -0.140. The Bertz CT molecular complexity index is 588. The normalized spacial score (nSPS) is 39.1. The first-order valence-corrected chi connectivity index (χ1v) is 10.1. The Balaban J connectivity index is 1.39. The maximum Gasteiger partial charge on any atom is 0.224 e. The van der Waals surface area contributed by atoms with Gasteiger partial charge in [-0.15, -0.1) is 0 Å². The summed E-state index contributed by atoms with van der Waals surface area (Å²) in [6, 6.07) is 10.7. The SMILES string of the molecule is O=C(NC1(c2ccccc2)CCCC1)C1C2CC3CC(C2)CC1C3. The fourth-order valence-corrected chi connectivity index (χ4v) is 6.89. The van der Waals surface area contributed by atoms with Gasteiger partial charge in [0.15, 0.2) is 0 Å². The molecule has 1 aromatic rings. The second-order valence-electron chi connectivity index (χ2n) is 9.10. The second-order valence-corrected chi connectivity index (χ2v) is 9.10. The van der Waals surface area contributed by atoms with Crippen LogP contribution in [0.3, 0.4) is 0 Å². The van der Waals surface area contributed by atoms with Crippen LogP contribution in [-0.4, -0.2) is 5.91 Å². The maximum absolute atomic E-state index is 13.4. The van der Waals surface area contributed by atoms with Gasteiger partial charge in [0.25, 0.3) is 0 Å². The molecule has 5 aliphatic carbocycles. The Hall–Kier alpha value is -1.31. The summed E-state index contributed by atoms with van der Waals surface area (Å²) in [6.07, 6.45) is 11.4. The average molecular weight is 323 g/mol. The van der Waals surface area contributed by atoms with E-state index in [1.807, 2.05) is 0 Å². The van der Waals surface area contributed by atoms with E-state index in [9.17, 15) is 4.79 Å². The molecule has 0 radical (unpaired) electrons. The van der Waals surface area contributed by atoms with Crippen molar-refractivity contribution in [2.24, 2.45) is 29.6 Å². The first-order valence-electron chi connectivity index (χ1n) is 10.1. The van der Waals surface area contributed by atoms with Crippen molar-refractivity contribution >= 4 is 5.91 Å². The van der Waals surface area contributed by atoms with Crippen LogP contribution in [0.4, 0.5) is 0 Å². The monoisotopic (exact) mass is 323 g/mol. The largest absolute Gasteiger partial charge is 0.346 e. The lowest BCUT2D eigenvalue weighted by atomic mass is 9.51. The third-order valence-corrected chi connectivity index (χ3v) is 7.68. The summed E-state index contributed by atoms with van der Waals surface area (Å²) in [5.41, 5.74) is 1.23. The van der Waals surface area contributed by atoms with Crippen LogP contribution in [0.15, 0.2) is 30.3 Å². The van der Waals surface area contributed by atoms with Gasteiger partial charge in [-0.3, -0.25) is 4.79 Å². The summed E-state index contributed by atoms with van der Waals surface area (Å²) in [5, 5.41) is 3.60. The van der Waals surface area contributed by atoms with Crippen molar-refractivity contribution in [3.63, 3.8) is 0 Å². The van der Waals surface area contributed by atoms with Crippen LogP contribution in [0.25, 0.3) is 0 Å². The highest BCUT2D eigenvalue weighted by Gasteiger charge is 2.52. The van der Waals surface area contributed by atoms with E-state index in [4.69, 9.17) is 0 Å². The van der Waals surface area contributed by atoms with E-state index >= 15 is 0 Å². The predicted molar refractivity (Wildman–Crippen MR) is 95.3 cm³/mol. The molecule has 5 fully saturated rings. The molecule has 0 saturated heterocycles. The zero-order valence-electron chi connectivity index (χ0n) is 14.5. The Morgan fingerprint density at radius 2 is 1.46 bits per heavy atom. The summed E-state index contributed by atoms with van der Waals surface area (Å²) in [6.45, 7) is 0. The molecule has 0 unspecified atom stereocenters. The number of benzene rings is 1. The molecule has 24 heavy (non-hydrogen) atoms. The van der Waals surface area contributed by atoms with Gasteiger partial charge in [0.05, 0.1) is 5.54 Å². The van der Waals surface area contributed by atoms with Crippen molar-refractivity contribution in [1.82, 2.24) is 5.32 Å². The third kappa shape index (κ3) is 2.33. The van der Waals surface area contributed by atoms with Crippen LogP contribution >= 0.6 is 0 Å². The molecular formula is C22H29NO. The molecule has 1 aromatic carbocycles. The fraction of sp³-hybridized carbons (Fsp3) is 0.682. The number of hydrogen-bond donors (Lipinski definition) is 1. The predicted octanol–water partition coefficient (Wildman–Crippen LogP) is 4.64. The molecule has 0 spiro atoms. The summed E-state index contributed by atoms with van der Waals surface area (Å²) < 4.78 is 0. The van der Waals surface area contributed by atoms with Crippen molar-refractivity contribution < 1.29 is 4.79 Å². The Morgan fingerprint density at radius 3 is 2.04 bits per heavy atom. The van der Waals surface area contributed by atoms with E-state index < -0.39 is 0 Å². The molecule has 5 saturated carbocycles. The van der Waals surface area contributed by atoms with Crippen molar-refractivity contribution in [1.29, 1.82) is 0 Å². The van der Waals surface area contributed by atoms with Crippen molar-refractivity contribution in [2.75, 3.05) is 0 Å². The minimum atomic E-state index is -0.0903. The standard InChI is InChI=1S/C22H29NO/c24-21(20-17-11-15-10-16(13-17)14-18(20)12-15)23-22(8-4-5-9-22)19-6-2-1-3-7-19/h1-3,6-7,15-18,20H,4-5,8-14H2,(H,23,24). The van der Waals surface area contributed by atoms with Gasteiger partial charge in [-0.1, -0.05) is 43.2 Å². The quantitative estimate of drug-likeness (QED) is 0.862. The van der Waals surface area contributed by atoms with E-state index in [2.05, 4.69) is 35.6 Å². The third-order valence-electron chi connectivity index (χ3n) is 7.68. The number of hydrogen-bond acceptors (Lipinski definition) is 1. The highest BCUT2D eigenvalue weighted by atomic mass is 16.2. The van der Waals surface area contributed by atoms with E-state index in [-0.39, 0.29) is 5.54 Å². The smallest absolute Gasteiger partial charge is 0.224 e. The summed E-state index contributed by atoms with van der Waals surface area (Å²) in [5.74, 6) is 3.91. The van der Waals surface area contributed by atoms with Crippen LogP contribution in [0.1, 0.15) is 63.4 Å². The van der Waals surface area contributed by atoms with Crippen LogP contribution in [0, 0.1) is 29.6 Å². The highest BCUT2D eigenvalue weighted by molar-refractivity contribution is 5.80. The molecule has 0 aliphatic heterocycles. The maximum atomic E-state index is 13.4. The van der Waals surface area contributed by atoms with Gasteiger partial charge in [0, 0.05) is 5.92 Å². The molecule has 0 aromatic heterocycles. The lowest BCUT2D eigenvalue weighted by Gasteiger charge is -2.54. The van der Waals surface area contributed by atoms with E-state index in [0.717, 1.165) is 24.7 Å². The zero-order chi connectivity index (χ0) is 16.1. The van der Waals surface area contributed by atoms with Crippen LogP contribution in [0.5, 0.6) is 0 Å². The van der Waals surface area contributed by atoms with Crippen LogP contribution < -0.4 is 5.32 Å². The molecule has 0 atom stereocenters.